The van der Waals surface area contributed by atoms with Crippen molar-refractivity contribution < 1.29 is 27.4 Å². The highest BCUT2D eigenvalue weighted by Crippen LogP contribution is 2.35. The predicted octanol–water partition coefficient (Wildman–Crippen LogP) is 3.47. The number of hydrogen-bond donors (Lipinski definition) is 1. The van der Waals surface area contributed by atoms with Crippen molar-refractivity contribution in [3.8, 4) is 5.75 Å². The molecule has 0 bridgehead atoms. The van der Waals surface area contributed by atoms with Gasteiger partial charge in [0.25, 0.3) is 0 Å². The van der Waals surface area contributed by atoms with Crippen molar-refractivity contribution >= 4 is 26.9 Å². The van der Waals surface area contributed by atoms with Crippen molar-refractivity contribution in [1.29, 1.82) is 0 Å². The lowest BCUT2D eigenvalue weighted by molar-refractivity contribution is -0.136. The van der Waals surface area contributed by atoms with E-state index < -0.39 is 21.8 Å². The van der Waals surface area contributed by atoms with Gasteiger partial charge in [-0.25, -0.2) is 12.8 Å². The van der Waals surface area contributed by atoms with Crippen LogP contribution in [-0.2, 0) is 21.2 Å². The van der Waals surface area contributed by atoms with E-state index in [1.54, 1.807) is 22.9 Å². The lowest BCUT2D eigenvalue weighted by Crippen LogP contribution is -2.29. The number of aromatic nitrogens is 2. The largest absolute Gasteiger partial charge is 0.491 e. The Labute approximate surface area is 191 Å². The Morgan fingerprint density at radius 1 is 1.21 bits per heavy atom. The second-order valence-electron chi connectivity index (χ2n) is 8.63. The van der Waals surface area contributed by atoms with Crippen LogP contribution in [0, 0.1) is 11.7 Å². The second kappa shape index (κ2) is 8.75. The van der Waals surface area contributed by atoms with Crippen molar-refractivity contribution in [1.82, 2.24) is 14.1 Å². The van der Waals surface area contributed by atoms with Gasteiger partial charge >= 0.3 is 5.97 Å². The molecule has 176 valence electrons. The van der Waals surface area contributed by atoms with Gasteiger partial charge in [-0.05, 0) is 62.2 Å². The molecule has 4 rings (SSSR count). The van der Waals surface area contributed by atoms with Crippen LogP contribution in [0.3, 0.4) is 0 Å². The van der Waals surface area contributed by atoms with Crippen molar-refractivity contribution in [2.75, 3.05) is 13.1 Å². The molecule has 0 unspecified atom stereocenters. The van der Waals surface area contributed by atoms with Gasteiger partial charge < -0.3 is 9.84 Å². The van der Waals surface area contributed by atoms with E-state index in [1.165, 1.54) is 28.6 Å². The number of ether oxygens (including phenoxy) is 1. The van der Waals surface area contributed by atoms with E-state index in [-0.39, 0.29) is 48.2 Å². The average Bonchev–Trinajstić information content (AvgIpc) is 3.28. The van der Waals surface area contributed by atoms with Crippen LogP contribution >= 0.6 is 0 Å². The van der Waals surface area contributed by atoms with Crippen LogP contribution in [0.15, 0.2) is 47.4 Å². The van der Waals surface area contributed by atoms with Gasteiger partial charge in [0.05, 0.1) is 34.7 Å². The fraction of sp³-hybridized carbons (Fsp3) is 0.391. The zero-order valence-electron chi connectivity index (χ0n) is 18.6. The quantitative estimate of drug-likeness (QED) is 0.562. The van der Waals surface area contributed by atoms with Gasteiger partial charge in [-0.3, -0.25) is 9.48 Å². The molecule has 10 heteroatoms. The van der Waals surface area contributed by atoms with Crippen LogP contribution < -0.4 is 4.74 Å². The molecule has 8 nitrogen and oxygen atoms in total. The number of sulfonamides is 1. The molecule has 0 spiro atoms. The number of carboxylic acids is 1. The van der Waals surface area contributed by atoms with Gasteiger partial charge in [0.2, 0.25) is 10.0 Å². The van der Waals surface area contributed by atoms with E-state index >= 15 is 0 Å². The summed E-state index contributed by atoms with van der Waals surface area (Å²) in [5, 5.41) is 14.1. The predicted molar refractivity (Wildman–Crippen MR) is 120 cm³/mol. The standard InChI is InChI=1S/C23H26FN3O5S/c1-14(2)32-17-5-7-18(8-6-17)33(30,31)26-12-15(3)22(13-26)27-21-9-4-16(24)10-19(21)20(25-27)11-23(28)29/h4-10,14-15,22H,11-13H2,1-3H3,(H,28,29)/t15-,22+/m1/s1. The van der Waals surface area contributed by atoms with Crippen LogP contribution in [0.1, 0.15) is 32.5 Å². The highest BCUT2D eigenvalue weighted by Gasteiger charge is 2.39. The minimum Gasteiger partial charge on any atom is -0.491 e. The summed E-state index contributed by atoms with van der Waals surface area (Å²) < 4.78 is 49.0. The zero-order valence-corrected chi connectivity index (χ0v) is 19.4. The third kappa shape index (κ3) is 4.58. The molecular weight excluding hydrogens is 449 g/mol. The van der Waals surface area contributed by atoms with E-state index in [2.05, 4.69) is 5.10 Å². The summed E-state index contributed by atoms with van der Waals surface area (Å²) in [4.78, 5) is 11.4. The molecule has 1 N–H and O–H groups in total. The average molecular weight is 476 g/mol. The monoisotopic (exact) mass is 475 g/mol. The number of rotatable bonds is 7. The second-order valence-corrected chi connectivity index (χ2v) is 10.6. The van der Waals surface area contributed by atoms with Gasteiger partial charge in [0.1, 0.15) is 11.6 Å². The van der Waals surface area contributed by atoms with E-state index in [1.807, 2.05) is 20.8 Å². The van der Waals surface area contributed by atoms with Crippen LogP contribution in [0.2, 0.25) is 0 Å². The third-order valence-electron chi connectivity index (χ3n) is 5.75. The Hall–Kier alpha value is -2.98. The highest BCUT2D eigenvalue weighted by atomic mass is 32.2. The number of benzene rings is 2. The number of nitrogens with zero attached hydrogens (tertiary/aromatic N) is 3. The summed E-state index contributed by atoms with van der Waals surface area (Å²) in [5.41, 5.74) is 0.838. The molecule has 1 aromatic heterocycles. The van der Waals surface area contributed by atoms with Crippen molar-refractivity contribution in [2.45, 2.75) is 44.2 Å². The summed E-state index contributed by atoms with van der Waals surface area (Å²) in [6.45, 7) is 6.17. The van der Waals surface area contributed by atoms with E-state index in [0.717, 1.165) is 0 Å². The first kappa shape index (κ1) is 23.2. The SMILES string of the molecule is CC(C)Oc1ccc(S(=O)(=O)N2C[C@@H](C)[C@@H](n3nc(CC(=O)O)c4cc(F)ccc43)C2)cc1. The molecule has 1 aliphatic rings. The maximum absolute atomic E-state index is 13.8. The van der Waals surface area contributed by atoms with Crippen LogP contribution in [0.4, 0.5) is 4.39 Å². The first-order chi connectivity index (χ1) is 15.6. The number of aliphatic carboxylic acids is 1. The maximum atomic E-state index is 13.8. The van der Waals surface area contributed by atoms with Crippen LogP contribution in [0.5, 0.6) is 5.75 Å². The van der Waals surface area contributed by atoms with Crippen LogP contribution in [0.25, 0.3) is 10.9 Å². The lowest BCUT2D eigenvalue weighted by Gasteiger charge is -2.18. The van der Waals surface area contributed by atoms with E-state index in [9.17, 15) is 22.7 Å². The topological polar surface area (TPSA) is 102 Å². The molecule has 3 aromatic rings. The Kier molecular flexibility index (Phi) is 6.15. The molecule has 2 atom stereocenters. The van der Waals surface area contributed by atoms with E-state index in [0.29, 0.717) is 16.7 Å². The van der Waals surface area contributed by atoms with E-state index in [4.69, 9.17) is 4.74 Å². The molecule has 2 heterocycles. The first-order valence-electron chi connectivity index (χ1n) is 10.7. The summed E-state index contributed by atoms with van der Waals surface area (Å²) in [6, 6.07) is 10.1. The van der Waals surface area contributed by atoms with Crippen molar-refractivity contribution in [3.63, 3.8) is 0 Å². The molecule has 1 saturated heterocycles. The number of carbonyl (C=O) groups is 1. The number of halogens is 1. The number of fused-ring (bicyclic) bond motifs is 1. The maximum Gasteiger partial charge on any atom is 0.309 e. The third-order valence-corrected chi connectivity index (χ3v) is 7.60. The van der Waals surface area contributed by atoms with Gasteiger partial charge in [0, 0.05) is 18.5 Å². The van der Waals surface area contributed by atoms with Gasteiger partial charge in [-0.1, -0.05) is 6.92 Å². The smallest absolute Gasteiger partial charge is 0.309 e. The van der Waals surface area contributed by atoms with Crippen molar-refractivity contribution in [2.24, 2.45) is 5.92 Å². The zero-order chi connectivity index (χ0) is 23.9. The molecule has 0 amide bonds. The summed E-state index contributed by atoms with van der Waals surface area (Å²) in [5.74, 6) is -1.05. The Bertz CT molecular complexity index is 1290. The molecule has 0 aliphatic carbocycles. The minimum atomic E-state index is -3.75. The van der Waals surface area contributed by atoms with Crippen LogP contribution in [-0.4, -0.2) is 52.8 Å². The molecule has 1 aliphatic heterocycles. The highest BCUT2D eigenvalue weighted by molar-refractivity contribution is 7.89. The Morgan fingerprint density at radius 2 is 1.91 bits per heavy atom. The fourth-order valence-corrected chi connectivity index (χ4v) is 5.79. The van der Waals surface area contributed by atoms with Gasteiger partial charge in [0.15, 0.2) is 0 Å². The fourth-order valence-electron chi connectivity index (χ4n) is 4.24. The van der Waals surface area contributed by atoms with Crippen molar-refractivity contribution in [3.05, 3.63) is 54.0 Å². The molecule has 1 fully saturated rings. The van der Waals surface area contributed by atoms with Gasteiger partial charge in [-0.15, -0.1) is 0 Å². The number of hydrogen-bond acceptors (Lipinski definition) is 5. The number of carboxylic acid groups (broad SMARTS) is 1. The molecule has 2 aromatic carbocycles. The Morgan fingerprint density at radius 3 is 2.55 bits per heavy atom. The molecule has 0 saturated carbocycles. The minimum absolute atomic E-state index is 0.0176. The summed E-state index contributed by atoms with van der Waals surface area (Å²) in [6.07, 6.45) is -0.364. The normalized spacial score (nSPS) is 19.4. The molecular formula is C23H26FN3O5S. The molecule has 0 radical (unpaired) electrons. The van der Waals surface area contributed by atoms with Gasteiger partial charge in [-0.2, -0.15) is 9.40 Å². The lowest BCUT2D eigenvalue weighted by atomic mass is 10.1. The summed E-state index contributed by atoms with van der Waals surface area (Å²) in [7, 11) is -3.75. The Balaban J connectivity index is 1.64. The first-order valence-corrected chi connectivity index (χ1v) is 12.2. The summed E-state index contributed by atoms with van der Waals surface area (Å²) >= 11 is 0. The molecule has 33 heavy (non-hydrogen) atoms.